The number of methoxy groups -OCH3 is 2. The molecule has 1 saturated heterocycles. The third kappa shape index (κ3) is 7.92. The molecule has 10 rings (SSSR count). The smallest absolute Gasteiger partial charge is 0.315 e. The van der Waals surface area contributed by atoms with Crippen LogP contribution in [0.3, 0.4) is 0 Å². The fourth-order valence-electron chi connectivity index (χ4n) is 10.9. The first-order chi connectivity index (χ1) is 27.3. The summed E-state index contributed by atoms with van der Waals surface area (Å²) in [6.07, 6.45) is 8.35. The van der Waals surface area contributed by atoms with Crippen molar-refractivity contribution in [3.8, 4) is 22.6 Å². The molecule has 9 heteroatoms. The number of urea groups is 1. The van der Waals surface area contributed by atoms with E-state index in [1.807, 2.05) is 12.1 Å². The molecular formula is C47H55N3O6. The van der Waals surface area contributed by atoms with Crippen molar-refractivity contribution in [3.63, 3.8) is 0 Å². The molecule has 5 fully saturated rings. The van der Waals surface area contributed by atoms with Gasteiger partial charge in [0.05, 0.1) is 33.0 Å². The molecule has 4 aliphatic carbocycles. The predicted molar refractivity (Wildman–Crippen MR) is 215 cm³/mol. The number of rotatable bonds is 11. The summed E-state index contributed by atoms with van der Waals surface area (Å²) in [5.74, 6) is 3.89. The molecule has 0 aromatic heterocycles. The van der Waals surface area contributed by atoms with Gasteiger partial charge < -0.3 is 34.7 Å². The Labute approximate surface area is 330 Å². The summed E-state index contributed by atoms with van der Waals surface area (Å²) in [6.45, 7) is 2.98. The molecule has 6 aliphatic rings. The summed E-state index contributed by atoms with van der Waals surface area (Å²) in [4.78, 5) is 15.7. The van der Waals surface area contributed by atoms with E-state index in [0.29, 0.717) is 6.54 Å². The van der Waals surface area contributed by atoms with Crippen molar-refractivity contribution in [3.05, 3.63) is 118 Å². The van der Waals surface area contributed by atoms with Gasteiger partial charge in [0, 0.05) is 43.7 Å². The quantitative estimate of drug-likeness (QED) is 0.142. The van der Waals surface area contributed by atoms with Crippen molar-refractivity contribution in [1.82, 2.24) is 15.5 Å². The van der Waals surface area contributed by atoms with Gasteiger partial charge in [0.25, 0.3) is 0 Å². The Kier molecular flexibility index (Phi) is 10.5. The Morgan fingerprint density at radius 3 is 2.16 bits per heavy atom. The number of aliphatic hydroxyl groups is 1. The second-order valence-electron chi connectivity index (χ2n) is 17.1. The van der Waals surface area contributed by atoms with Crippen LogP contribution in [0.15, 0.2) is 84.9 Å². The van der Waals surface area contributed by atoms with Gasteiger partial charge in [-0.05, 0) is 126 Å². The summed E-state index contributed by atoms with van der Waals surface area (Å²) < 4.78 is 24.8. The first-order valence-corrected chi connectivity index (χ1v) is 20.6. The number of nitrogens with zero attached hydrogens (tertiary/aromatic N) is 1. The first-order valence-electron chi connectivity index (χ1n) is 20.6. The van der Waals surface area contributed by atoms with Crippen LogP contribution < -0.4 is 20.1 Å². The number of ether oxygens (including phenoxy) is 4. The molecule has 4 aromatic rings. The minimum atomic E-state index is -0.559. The van der Waals surface area contributed by atoms with Crippen molar-refractivity contribution in [2.75, 3.05) is 27.3 Å². The fourth-order valence-corrected chi connectivity index (χ4v) is 10.9. The van der Waals surface area contributed by atoms with Crippen LogP contribution >= 0.6 is 0 Å². The van der Waals surface area contributed by atoms with E-state index in [1.165, 1.54) is 30.4 Å². The average Bonchev–Trinajstić information content (AvgIpc) is 3.22. The van der Waals surface area contributed by atoms with E-state index in [1.54, 1.807) is 14.2 Å². The lowest BCUT2D eigenvalue weighted by Gasteiger charge is -2.56. The molecule has 0 unspecified atom stereocenters. The highest BCUT2D eigenvalue weighted by Gasteiger charge is 2.51. The number of amides is 2. The molecule has 2 aliphatic heterocycles. The predicted octanol–water partition coefficient (Wildman–Crippen LogP) is 8.23. The SMILES string of the molecule is COc1cc2c(cc1OC)CN(C[C@H]1C[C@@H](c3ccc(CO)cc3)O[C@@H](c3cccc(-c4cccc(CNC(=O)NC56CC7CC(CC(C7)C5)C6)c4)c3)O1)CC2. The van der Waals surface area contributed by atoms with Crippen LogP contribution in [0.5, 0.6) is 11.5 Å². The monoisotopic (exact) mass is 757 g/mol. The lowest BCUT2D eigenvalue weighted by atomic mass is 9.53. The van der Waals surface area contributed by atoms with Crippen molar-refractivity contribution in [2.45, 2.75) is 95.1 Å². The summed E-state index contributed by atoms with van der Waals surface area (Å²) in [6, 6.07) is 29.1. The highest BCUT2D eigenvalue weighted by molar-refractivity contribution is 5.75. The van der Waals surface area contributed by atoms with Crippen LogP contribution in [0.1, 0.15) is 90.7 Å². The molecule has 294 valence electrons. The number of hydrogen-bond acceptors (Lipinski definition) is 7. The number of benzene rings is 4. The molecular weight excluding hydrogens is 703 g/mol. The molecule has 9 nitrogen and oxygen atoms in total. The second-order valence-corrected chi connectivity index (χ2v) is 17.1. The Hall–Kier alpha value is -4.41. The summed E-state index contributed by atoms with van der Waals surface area (Å²) >= 11 is 0. The number of carbonyl (C=O) groups excluding carboxylic acids is 1. The fraction of sp³-hybridized carbons (Fsp3) is 0.468. The maximum absolute atomic E-state index is 13.2. The molecule has 56 heavy (non-hydrogen) atoms. The summed E-state index contributed by atoms with van der Waals surface area (Å²) in [7, 11) is 3.36. The molecule has 3 N–H and O–H groups in total. The number of carbonyl (C=O) groups is 1. The zero-order valence-electron chi connectivity index (χ0n) is 32.7. The van der Waals surface area contributed by atoms with Gasteiger partial charge in [-0.15, -0.1) is 0 Å². The van der Waals surface area contributed by atoms with Gasteiger partial charge in [0.15, 0.2) is 17.8 Å². The van der Waals surface area contributed by atoms with E-state index in [4.69, 9.17) is 18.9 Å². The van der Waals surface area contributed by atoms with Crippen LogP contribution in [0, 0.1) is 17.8 Å². The van der Waals surface area contributed by atoms with Crippen molar-refractivity contribution >= 4 is 6.03 Å². The van der Waals surface area contributed by atoms with Crippen molar-refractivity contribution < 1.29 is 28.8 Å². The third-order valence-electron chi connectivity index (χ3n) is 13.2. The molecule has 4 aromatic carbocycles. The van der Waals surface area contributed by atoms with Crippen LogP contribution in [0.2, 0.25) is 0 Å². The van der Waals surface area contributed by atoms with E-state index < -0.39 is 6.29 Å². The number of hydrogen-bond donors (Lipinski definition) is 3. The number of aliphatic hydroxyl groups excluding tert-OH is 1. The highest BCUT2D eigenvalue weighted by Crippen LogP contribution is 2.55. The maximum atomic E-state index is 13.2. The van der Waals surface area contributed by atoms with E-state index in [2.05, 4.69) is 88.3 Å². The van der Waals surface area contributed by atoms with Gasteiger partial charge in [0.1, 0.15) is 0 Å². The van der Waals surface area contributed by atoms with Crippen LogP contribution in [0.25, 0.3) is 11.1 Å². The minimum absolute atomic E-state index is 0.00630. The van der Waals surface area contributed by atoms with Gasteiger partial charge in [0.2, 0.25) is 0 Å². The first kappa shape index (κ1) is 37.2. The Morgan fingerprint density at radius 1 is 0.786 bits per heavy atom. The molecule has 0 spiro atoms. The normalized spacial score (nSPS) is 28.1. The highest BCUT2D eigenvalue weighted by atomic mass is 16.7. The zero-order valence-corrected chi connectivity index (χ0v) is 32.7. The van der Waals surface area contributed by atoms with E-state index in [9.17, 15) is 9.90 Å². The van der Waals surface area contributed by atoms with Gasteiger partial charge in [-0.3, -0.25) is 4.90 Å². The molecule has 4 saturated carbocycles. The Balaban J connectivity index is 0.894. The molecule has 4 bridgehead atoms. The van der Waals surface area contributed by atoms with Crippen LogP contribution in [-0.2, 0) is 35.6 Å². The van der Waals surface area contributed by atoms with Crippen LogP contribution in [-0.4, -0.2) is 55.0 Å². The van der Waals surface area contributed by atoms with E-state index >= 15 is 0 Å². The van der Waals surface area contributed by atoms with E-state index in [0.717, 1.165) is 114 Å². The average molecular weight is 758 g/mol. The van der Waals surface area contributed by atoms with Crippen LogP contribution in [0.4, 0.5) is 4.79 Å². The van der Waals surface area contributed by atoms with Gasteiger partial charge in [-0.1, -0.05) is 60.7 Å². The van der Waals surface area contributed by atoms with Crippen molar-refractivity contribution in [2.24, 2.45) is 17.8 Å². The van der Waals surface area contributed by atoms with E-state index in [-0.39, 0.29) is 30.4 Å². The lowest BCUT2D eigenvalue weighted by molar-refractivity contribution is -0.253. The van der Waals surface area contributed by atoms with Gasteiger partial charge in [-0.2, -0.15) is 0 Å². The largest absolute Gasteiger partial charge is 0.493 e. The molecule has 2 amide bonds. The van der Waals surface area contributed by atoms with Gasteiger partial charge >= 0.3 is 6.03 Å². The lowest BCUT2D eigenvalue weighted by Crippen LogP contribution is -2.61. The zero-order chi connectivity index (χ0) is 38.2. The topological polar surface area (TPSA) is 102 Å². The Morgan fingerprint density at radius 2 is 1.46 bits per heavy atom. The number of fused-ring (bicyclic) bond motifs is 1. The minimum Gasteiger partial charge on any atom is -0.493 e. The number of nitrogens with one attached hydrogen (secondary N) is 2. The summed E-state index contributed by atoms with van der Waals surface area (Å²) in [5.41, 5.74) is 8.66. The standard InChI is InChI=1S/C47H55N3O6/c1-53-43-20-38-13-14-50(27-40(38)21-44(43)54-2)28-41-22-42(35-11-9-30(29-51)10-12-35)56-45(55-41)39-8-4-7-37(19-39)36-6-3-5-31(18-36)26-48-46(52)49-47-23-32-15-33(24-47)17-34(16-32)25-47/h3-12,18-21,32-34,41-42,45,51H,13-17,22-29H2,1-2H3,(H2,48,49,52)/t32?,33?,34?,41-,42+,45+,47?/m1/s1. The maximum Gasteiger partial charge on any atom is 0.315 e. The van der Waals surface area contributed by atoms with Gasteiger partial charge in [-0.25, -0.2) is 4.79 Å². The Bertz CT molecular complexity index is 2000. The molecule has 3 atom stereocenters. The summed E-state index contributed by atoms with van der Waals surface area (Å²) in [5, 5.41) is 16.3. The van der Waals surface area contributed by atoms with Crippen molar-refractivity contribution in [1.29, 1.82) is 0 Å². The molecule has 0 radical (unpaired) electrons. The second kappa shape index (κ2) is 15.9. The third-order valence-corrected chi connectivity index (χ3v) is 13.2. The molecule has 2 heterocycles.